The van der Waals surface area contributed by atoms with Gasteiger partial charge in [0.15, 0.2) is 0 Å². The number of hydrogen-bond donors (Lipinski definition) is 1. The van der Waals surface area contributed by atoms with Crippen molar-refractivity contribution < 1.29 is 19.5 Å². The van der Waals surface area contributed by atoms with Gasteiger partial charge >= 0.3 is 5.97 Å². The summed E-state index contributed by atoms with van der Waals surface area (Å²) in [5.41, 5.74) is 2.95. The Kier molecular flexibility index (Phi) is 4.46. The molecule has 2 amide bonds. The lowest BCUT2D eigenvalue weighted by atomic mass is 10.2. The molecule has 0 saturated carbocycles. The molecule has 22 heavy (non-hydrogen) atoms. The molecule has 2 rings (SSSR count). The molecule has 1 aromatic heterocycles. The summed E-state index contributed by atoms with van der Waals surface area (Å²) in [6.07, 6.45) is 1.66. The Labute approximate surface area is 132 Å². The fourth-order valence-corrected chi connectivity index (χ4v) is 3.49. The summed E-state index contributed by atoms with van der Waals surface area (Å²) < 4.78 is 2.15. The van der Waals surface area contributed by atoms with Crippen molar-refractivity contribution in [1.29, 1.82) is 0 Å². The van der Waals surface area contributed by atoms with Gasteiger partial charge in [0.1, 0.15) is 6.54 Å². The smallest absolute Gasteiger partial charge is 0.323 e. The molecule has 118 valence electrons. The molecule has 0 spiro atoms. The van der Waals surface area contributed by atoms with Crippen LogP contribution in [0.1, 0.15) is 36.8 Å². The largest absolute Gasteiger partial charge is 0.480 e. The summed E-state index contributed by atoms with van der Waals surface area (Å²) in [7, 11) is 0. The Hall–Kier alpha value is -2.02. The predicted molar refractivity (Wildman–Crippen MR) is 84.6 cm³/mol. The van der Waals surface area contributed by atoms with E-state index in [2.05, 4.69) is 18.4 Å². The van der Waals surface area contributed by atoms with Gasteiger partial charge in [-0.3, -0.25) is 19.3 Å². The highest BCUT2D eigenvalue weighted by Gasteiger charge is 2.36. The number of carbonyl (C=O) groups excluding carboxylic acids is 2. The molecule has 1 saturated heterocycles. The third-order valence-electron chi connectivity index (χ3n) is 3.49. The van der Waals surface area contributed by atoms with Crippen LogP contribution < -0.4 is 0 Å². The third-order valence-corrected chi connectivity index (χ3v) is 4.40. The number of carboxylic acid groups (broad SMARTS) is 1. The number of aliphatic carboxylic acids is 1. The molecule has 1 fully saturated rings. The van der Waals surface area contributed by atoms with Crippen LogP contribution in [0.15, 0.2) is 11.0 Å². The summed E-state index contributed by atoms with van der Waals surface area (Å²) in [6.45, 7) is 7.49. The highest BCUT2D eigenvalue weighted by molar-refractivity contribution is 8.18. The molecule has 0 bridgehead atoms. The van der Waals surface area contributed by atoms with Crippen molar-refractivity contribution in [3.8, 4) is 0 Å². The molecule has 0 unspecified atom stereocenters. The molecule has 1 aliphatic rings. The zero-order valence-corrected chi connectivity index (χ0v) is 13.7. The van der Waals surface area contributed by atoms with E-state index in [1.54, 1.807) is 6.08 Å². The van der Waals surface area contributed by atoms with Crippen molar-refractivity contribution in [3.05, 3.63) is 27.9 Å². The van der Waals surface area contributed by atoms with Crippen LogP contribution in [0, 0.1) is 13.8 Å². The number of carboxylic acids is 1. The van der Waals surface area contributed by atoms with E-state index < -0.39 is 23.7 Å². The second-order valence-corrected chi connectivity index (χ2v) is 6.45. The van der Waals surface area contributed by atoms with Crippen LogP contribution in [-0.4, -0.2) is 38.2 Å². The van der Waals surface area contributed by atoms with Crippen LogP contribution in [0.25, 0.3) is 6.08 Å². The van der Waals surface area contributed by atoms with Crippen molar-refractivity contribution in [2.75, 3.05) is 6.54 Å². The Morgan fingerprint density at radius 3 is 2.50 bits per heavy atom. The van der Waals surface area contributed by atoms with Gasteiger partial charge in [-0.2, -0.15) is 0 Å². The summed E-state index contributed by atoms with van der Waals surface area (Å²) in [5.74, 6) is -1.76. The highest BCUT2D eigenvalue weighted by Crippen LogP contribution is 2.33. The standard InChI is InChI=1S/C15H18N2O4S/c1-8(2)17-9(3)5-11(10(17)4)6-12-14(20)16(7-13(18)19)15(21)22-12/h5-6,8H,7H2,1-4H3,(H,18,19)/b12-6+. The first-order valence-corrected chi connectivity index (χ1v) is 7.69. The number of carbonyl (C=O) groups is 3. The Morgan fingerprint density at radius 1 is 1.36 bits per heavy atom. The highest BCUT2D eigenvalue weighted by atomic mass is 32.2. The van der Waals surface area contributed by atoms with E-state index in [0.29, 0.717) is 6.04 Å². The molecular weight excluding hydrogens is 304 g/mol. The average Bonchev–Trinajstić information content (AvgIpc) is 2.81. The van der Waals surface area contributed by atoms with Crippen molar-refractivity contribution in [1.82, 2.24) is 9.47 Å². The van der Waals surface area contributed by atoms with Crippen molar-refractivity contribution in [2.45, 2.75) is 33.7 Å². The van der Waals surface area contributed by atoms with Gasteiger partial charge in [0, 0.05) is 17.4 Å². The number of rotatable bonds is 4. The molecule has 6 nitrogen and oxygen atoms in total. The van der Waals surface area contributed by atoms with Gasteiger partial charge in [-0.25, -0.2) is 0 Å². The molecule has 2 heterocycles. The summed E-state index contributed by atoms with van der Waals surface area (Å²) in [6, 6.07) is 2.25. The molecule has 0 atom stereocenters. The Bertz CT molecular complexity index is 688. The molecular formula is C15H18N2O4S. The van der Waals surface area contributed by atoms with Crippen molar-refractivity contribution in [2.24, 2.45) is 0 Å². The second kappa shape index (κ2) is 6.00. The molecule has 1 aliphatic heterocycles. The monoisotopic (exact) mass is 322 g/mol. The number of hydrogen-bond acceptors (Lipinski definition) is 4. The lowest BCUT2D eigenvalue weighted by molar-refractivity contribution is -0.140. The van der Waals surface area contributed by atoms with Gasteiger partial charge in [-0.05, 0) is 57.2 Å². The minimum absolute atomic E-state index is 0.259. The lowest BCUT2D eigenvalue weighted by Gasteiger charge is -2.13. The van der Waals surface area contributed by atoms with Gasteiger partial charge in [0.05, 0.1) is 4.91 Å². The van der Waals surface area contributed by atoms with Crippen LogP contribution in [0.5, 0.6) is 0 Å². The Balaban J connectivity index is 2.35. The Morgan fingerprint density at radius 2 is 2.00 bits per heavy atom. The first kappa shape index (κ1) is 16.4. The van der Waals surface area contributed by atoms with Crippen molar-refractivity contribution in [3.63, 3.8) is 0 Å². The number of nitrogens with zero attached hydrogens (tertiary/aromatic N) is 2. The van der Waals surface area contributed by atoms with Gasteiger partial charge in [0.25, 0.3) is 11.1 Å². The van der Waals surface area contributed by atoms with E-state index >= 15 is 0 Å². The third kappa shape index (κ3) is 2.94. The normalized spacial score (nSPS) is 17.1. The SMILES string of the molecule is Cc1cc(/C=C2/SC(=O)N(CC(=O)O)C2=O)c(C)n1C(C)C. The maximum atomic E-state index is 12.1. The number of aryl methyl sites for hydroxylation is 1. The second-order valence-electron chi connectivity index (χ2n) is 5.45. The first-order valence-electron chi connectivity index (χ1n) is 6.88. The summed E-state index contributed by atoms with van der Waals surface area (Å²) in [5, 5.41) is 8.21. The maximum absolute atomic E-state index is 12.1. The van der Waals surface area contributed by atoms with Crippen LogP contribution in [0.3, 0.4) is 0 Å². The maximum Gasteiger partial charge on any atom is 0.323 e. The average molecular weight is 322 g/mol. The van der Waals surface area contributed by atoms with Gasteiger partial charge in [0.2, 0.25) is 0 Å². The van der Waals surface area contributed by atoms with Gasteiger partial charge < -0.3 is 9.67 Å². The topological polar surface area (TPSA) is 79.6 Å². The fraction of sp³-hybridized carbons (Fsp3) is 0.400. The molecule has 1 aromatic rings. The van der Waals surface area contributed by atoms with Crippen LogP contribution >= 0.6 is 11.8 Å². The molecule has 0 aliphatic carbocycles. The van der Waals surface area contributed by atoms with Crippen LogP contribution in [0.4, 0.5) is 4.79 Å². The molecule has 0 aromatic carbocycles. The number of thioether (sulfide) groups is 1. The van der Waals surface area contributed by atoms with E-state index in [9.17, 15) is 14.4 Å². The molecule has 1 N–H and O–H groups in total. The van der Waals surface area contributed by atoms with Gasteiger partial charge in [-0.1, -0.05) is 0 Å². The van der Waals surface area contributed by atoms with E-state index in [4.69, 9.17) is 5.11 Å². The van der Waals surface area contributed by atoms with Crippen LogP contribution in [-0.2, 0) is 9.59 Å². The molecule has 0 radical (unpaired) electrons. The fourth-order valence-electron chi connectivity index (χ4n) is 2.66. The van der Waals surface area contributed by atoms with E-state index in [1.807, 2.05) is 19.9 Å². The number of imide groups is 1. The number of amides is 2. The van der Waals surface area contributed by atoms with E-state index in [0.717, 1.165) is 33.6 Å². The minimum atomic E-state index is -1.21. The zero-order valence-electron chi connectivity index (χ0n) is 12.9. The van der Waals surface area contributed by atoms with Crippen LogP contribution in [0.2, 0.25) is 0 Å². The van der Waals surface area contributed by atoms with Gasteiger partial charge in [-0.15, -0.1) is 0 Å². The lowest BCUT2D eigenvalue weighted by Crippen LogP contribution is -2.33. The minimum Gasteiger partial charge on any atom is -0.480 e. The summed E-state index contributed by atoms with van der Waals surface area (Å²) in [4.78, 5) is 35.6. The number of aromatic nitrogens is 1. The van der Waals surface area contributed by atoms with Crippen molar-refractivity contribution >= 4 is 35.0 Å². The molecule has 7 heteroatoms. The summed E-state index contributed by atoms with van der Waals surface area (Å²) >= 11 is 0.777. The van der Waals surface area contributed by atoms with E-state index in [1.165, 1.54) is 0 Å². The first-order chi connectivity index (χ1) is 10.2. The van der Waals surface area contributed by atoms with E-state index in [-0.39, 0.29) is 4.91 Å². The zero-order chi connectivity index (χ0) is 16.6. The predicted octanol–water partition coefficient (Wildman–Crippen LogP) is 2.81. The quantitative estimate of drug-likeness (QED) is 0.862.